The number of hydrogen-bond donors (Lipinski definition) is 1. The highest BCUT2D eigenvalue weighted by Gasteiger charge is 2.28. The van der Waals surface area contributed by atoms with Gasteiger partial charge < -0.3 is 14.6 Å². The highest BCUT2D eigenvalue weighted by atomic mass is 16.5. The summed E-state index contributed by atoms with van der Waals surface area (Å²) in [6.45, 7) is 6.61. The molecule has 1 atom stereocenters. The van der Waals surface area contributed by atoms with Crippen LogP contribution in [0.2, 0.25) is 0 Å². The maximum absolute atomic E-state index is 5.89. The molecule has 1 aliphatic rings. The third-order valence-corrected chi connectivity index (χ3v) is 3.09. The Balaban J connectivity index is 1.83. The summed E-state index contributed by atoms with van der Waals surface area (Å²) in [4.78, 5) is 4.29. The van der Waals surface area contributed by atoms with E-state index in [4.69, 9.17) is 9.26 Å². The van der Waals surface area contributed by atoms with Crippen molar-refractivity contribution in [2.75, 3.05) is 13.1 Å². The Morgan fingerprint density at radius 3 is 3.12 bits per heavy atom. The third kappa shape index (κ3) is 3.51. The average Bonchev–Trinajstić information content (AvgIpc) is 2.76. The Kier molecular flexibility index (Phi) is 4.12. The molecule has 0 bridgehead atoms. The molecule has 2 heterocycles. The van der Waals surface area contributed by atoms with Crippen LogP contribution in [0.4, 0.5) is 0 Å². The molecule has 5 heteroatoms. The second-order valence-electron chi connectivity index (χ2n) is 4.87. The van der Waals surface area contributed by atoms with Gasteiger partial charge in [0.15, 0.2) is 5.82 Å². The number of rotatable bonds is 5. The third-order valence-electron chi connectivity index (χ3n) is 3.09. The number of nitrogens with zero attached hydrogens (tertiary/aromatic N) is 2. The maximum Gasteiger partial charge on any atom is 0.252 e. The summed E-state index contributed by atoms with van der Waals surface area (Å²) in [6.07, 6.45) is 4.13. The minimum Gasteiger partial charge on any atom is -0.364 e. The highest BCUT2D eigenvalue weighted by molar-refractivity contribution is 4.87. The molecule has 0 spiro atoms. The van der Waals surface area contributed by atoms with Crippen molar-refractivity contribution in [2.24, 2.45) is 0 Å². The number of aryl methyl sites for hydroxylation is 1. The van der Waals surface area contributed by atoms with Gasteiger partial charge in [0.1, 0.15) is 6.61 Å². The van der Waals surface area contributed by atoms with Crippen LogP contribution in [0.3, 0.4) is 0 Å². The number of piperidine rings is 1. The van der Waals surface area contributed by atoms with E-state index < -0.39 is 0 Å². The van der Waals surface area contributed by atoms with Gasteiger partial charge >= 0.3 is 0 Å². The van der Waals surface area contributed by atoms with E-state index in [1.165, 1.54) is 0 Å². The molecule has 1 saturated heterocycles. The van der Waals surface area contributed by atoms with Crippen molar-refractivity contribution in [3.63, 3.8) is 0 Å². The Labute approximate surface area is 102 Å². The summed E-state index contributed by atoms with van der Waals surface area (Å²) >= 11 is 0. The van der Waals surface area contributed by atoms with Gasteiger partial charge in [-0.3, -0.25) is 0 Å². The zero-order valence-electron chi connectivity index (χ0n) is 10.7. The molecule has 1 aliphatic heterocycles. The first-order valence-electron chi connectivity index (χ1n) is 6.38. The predicted octanol–water partition coefficient (Wildman–Crippen LogP) is 1.68. The summed E-state index contributed by atoms with van der Waals surface area (Å²) in [7, 11) is 0. The summed E-state index contributed by atoms with van der Waals surface area (Å²) in [5, 5.41) is 7.26. The van der Waals surface area contributed by atoms with E-state index in [9.17, 15) is 0 Å². The van der Waals surface area contributed by atoms with Crippen LogP contribution in [-0.4, -0.2) is 28.8 Å². The highest BCUT2D eigenvalue weighted by Crippen LogP contribution is 2.21. The lowest BCUT2D eigenvalue weighted by Crippen LogP contribution is -2.45. The van der Waals surface area contributed by atoms with Crippen LogP contribution in [-0.2, 0) is 17.8 Å². The fraction of sp³-hybridized carbons (Fsp3) is 0.833. The van der Waals surface area contributed by atoms with E-state index in [1.807, 2.05) is 0 Å². The molecule has 1 N–H and O–H groups in total. The van der Waals surface area contributed by atoms with Gasteiger partial charge in [0.2, 0.25) is 0 Å². The minimum absolute atomic E-state index is 0.0996. The fourth-order valence-corrected chi connectivity index (χ4v) is 2.06. The van der Waals surface area contributed by atoms with E-state index in [2.05, 4.69) is 29.3 Å². The van der Waals surface area contributed by atoms with Gasteiger partial charge in [-0.15, -0.1) is 0 Å². The van der Waals surface area contributed by atoms with Crippen molar-refractivity contribution in [3.8, 4) is 0 Å². The first kappa shape index (κ1) is 12.5. The first-order valence-corrected chi connectivity index (χ1v) is 6.38. The fourth-order valence-electron chi connectivity index (χ4n) is 2.06. The summed E-state index contributed by atoms with van der Waals surface area (Å²) in [6, 6.07) is 0. The zero-order chi connectivity index (χ0) is 12.1. The van der Waals surface area contributed by atoms with E-state index in [0.29, 0.717) is 12.5 Å². The van der Waals surface area contributed by atoms with Crippen LogP contribution < -0.4 is 5.32 Å². The van der Waals surface area contributed by atoms with Gasteiger partial charge in [0, 0.05) is 13.0 Å². The Hall–Kier alpha value is -0.940. The topological polar surface area (TPSA) is 60.2 Å². The molecule has 1 aromatic heterocycles. The Morgan fingerprint density at radius 2 is 2.41 bits per heavy atom. The lowest BCUT2D eigenvalue weighted by atomic mass is 9.96. The van der Waals surface area contributed by atoms with Crippen LogP contribution in [0, 0.1) is 0 Å². The quantitative estimate of drug-likeness (QED) is 0.847. The molecule has 1 aromatic rings. The molecule has 5 nitrogen and oxygen atoms in total. The molecule has 0 radical (unpaired) electrons. The van der Waals surface area contributed by atoms with Crippen molar-refractivity contribution in [1.82, 2.24) is 15.5 Å². The van der Waals surface area contributed by atoms with Gasteiger partial charge in [-0.05, 0) is 32.7 Å². The summed E-state index contributed by atoms with van der Waals surface area (Å²) < 4.78 is 11.0. The second kappa shape index (κ2) is 5.60. The molecular weight excluding hydrogens is 218 g/mol. The van der Waals surface area contributed by atoms with E-state index in [0.717, 1.165) is 44.6 Å². The monoisotopic (exact) mass is 239 g/mol. The predicted molar refractivity (Wildman–Crippen MR) is 63.6 cm³/mol. The van der Waals surface area contributed by atoms with Gasteiger partial charge in [0.25, 0.3) is 5.89 Å². The van der Waals surface area contributed by atoms with Crippen LogP contribution in [0.5, 0.6) is 0 Å². The lowest BCUT2D eigenvalue weighted by molar-refractivity contribution is -0.0654. The van der Waals surface area contributed by atoms with Gasteiger partial charge in [0.05, 0.1) is 5.60 Å². The average molecular weight is 239 g/mol. The summed E-state index contributed by atoms with van der Waals surface area (Å²) in [5.41, 5.74) is -0.0996. The molecule has 0 aromatic carbocycles. The van der Waals surface area contributed by atoms with Crippen molar-refractivity contribution >= 4 is 0 Å². The SMILES string of the molecule is CCCc1noc(COC2(C)CCCNC2)n1. The molecule has 0 aliphatic carbocycles. The van der Waals surface area contributed by atoms with E-state index in [1.54, 1.807) is 0 Å². The molecule has 17 heavy (non-hydrogen) atoms. The number of ether oxygens (including phenoxy) is 1. The van der Waals surface area contributed by atoms with E-state index >= 15 is 0 Å². The normalized spacial score (nSPS) is 25.1. The van der Waals surface area contributed by atoms with Gasteiger partial charge in [-0.1, -0.05) is 12.1 Å². The Morgan fingerprint density at radius 1 is 1.53 bits per heavy atom. The van der Waals surface area contributed by atoms with Crippen LogP contribution in [0.1, 0.15) is 44.8 Å². The standard InChI is InChI=1S/C12H21N3O2/c1-3-5-10-14-11(17-15-10)8-16-12(2)6-4-7-13-9-12/h13H,3-9H2,1-2H3. The minimum atomic E-state index is -0.0996. The van der Waals surface area contributed by atoms with Crippen LogP contribution in [0.25, 0.3) is 0 Å². The second-order valence-corrected chi connectivity index (χ2v) is 4.87. The largest absolute Gasteiger partial charge is 0.364 e. The smallest absolute Gasteiger partial charge is 0.252 e. The van der Waals surface area contributed by atoms with Gasteiger partial charge in [-0.25, -0.2) is 0 Å². The summed E-state index contributed by atoms with van der Waals surface area (Å²) in [5.74, 6) is 1.36. The van der Waals surface area contributed by atoms with Crippen molar-refractivity contribution in [2.45, 2.75) is 51.7 Å². The molecule has 0 amide bonds. The van der Waals surface area contributed by atoms with Crippen molar-refractivity contribution < 1.29 is 9.26 Å². The number of nitrogens with one attached hydrogen (secondary N) is 1. The molecule has 2 rings (SSSR count). The maximum atomic E-state index is 5.89. The molecule has 1 fully saturated rings. The van der Waals surface area contributed by atoms with Crippen molar-refractivity contribution in [3.05, 3.63) is 11.7 Å². The van der Waals surface area contributed by atoms with Crippen molar-refractivity contribution in [1.29, 1.82) is 0 Å². The molecule has 1 unspecified atom stereocenters. The van der Waals surface area contributed by atoms with E-state index in [-0.39, 0.29) is 5.60 Å². The van der Waals surface area contributed by atoms with Crippen LogP contribution >= 0.6 is 0 Å². The molecular formula is C12H21N3O2. The molecule has 0 saturated carbocycles. The first-order chi connectivity index (χ1) is 8.22. The lowest BCUT2D eigenvalue weighted by Gasteiger charge is -2.33. The molecule has 96 valence electrons. The van der Waals surface area contributed by atoms with Crippen LogP contribution in [0.15, 0.2) is 4.52 Å². The zero-order valence-corrected chi connectivity index (χ0v) is 10.7. The number of hydrogen-bond acceptors (Lipinski definition) is 5. The Bertz CT molecular complexity index is 345. The van der Waals surface area contributed by atoms with Gasteiger partial charge in [-0.2, -0.15) is 4.98 Å². The number of aromatic nitrogens is 2.